The molecule has 0 bridgehead atoms. The zero-order chi connectivity index (χ0) is 12.3. The summed E-state index contributed by atoms with van der Waals surface area (Å²) in [6.07, 6.45) is 7.21. The van der Waals surface area contributed by atoms with Crippen LogP contribution in [-0.2, 0) is 4.79 Å². The summed E-state index contributed by atoms with van der Waals surface area (Å²) >= 11 is 0. The smallest absolute Gasteiger partial charge is 0.231 e. The van der Waals surface area contributed by atoms with Crippen molar-refractivity contribution < 1.29 is 4.79 Å². The first-order valence-electron chi connectivity index (χ1n) is 6.18. The van der Waals surface area contributed by atoms with Gasteiger partial charge in [-0.1, -0.05) is 19.3 Å². The number of carbonyl (C=O) groups excluding carboxylic acids is 1. The largest absolute Gasteiger partial charge is 0.396 e. The van der Waals surface area contributed by atoms with Gasteiger partial charge in [-0.25, -0.2) is 4.98 Å². The lowest BCUT2D eigenvalue weighted by atomic mass is 9.88. The van der Waals surface area contributed by atoms with E-state index in [1.54, 1.807) is 30.3 Å². The highest BCUT2D eigenvalue weighted by atomic mass is 16.2. The van der Waals surface area contributed by atoms with Crippen LogP contribution in [-0.4, -0.2) is 17.9 Å². The summed E-state index contributed by atoms with van der Waals surface area (Å²) in [5.74, 6) is 0.869. The highest BCUT2D eigenvalue weighted by Crippen LogP contribution is 2.27. The molecule has 0 aromatic carbocycles. The Balaban J connectivity index is 2.11. The van der Waals surface area contributed by atoms with Gasteiger partial charge in [0, 0.05) is 19.2 Å². The lowest BCUT2D eigenvalue weighted by molar-refractivity contribution is -0.123. The molecule has 1 fully saturated rings. The number of amides is 1. The fourth-order valence-corrected chi connectivity index (χ4v) is 2.42. The lowest BCUT2D eigenvalue weighted by Crippen LogP contribution is -2.34. The zero-order valence-electron chi connectivity index (χ0n) is 10.2. The molecule has 0 aliphatic heterocycles. The van der Waals surface area contributed by atoms with Gasteiger partial charge in [0.1, 0.15) is 0 Å². The number of nitrogen functional groups attached to an aromatic ring is 1. The molecular formula is C13H19N3O. The molecule has 1 aromatic rings. The number of hydrogen-bond donors (Lipinski definition) is 1. The van der Waals surface area contributed by atoms with Gasteiger partial charge in [-0.05, 0) is 25.0 Å². The van der Waals surface area contributed by atoms with Gasteiger partial charge in [0.15, 0.2) is 5.82 Å². The Kier molecular flexibility index (Phi) is 3.61. The fourth-order valence-electron chi connectivity index (χ4n) is 2.42. The van der Waals surface area contributed by atoms with Gasteiger partial charge in [0.25, 0.3) is 0 Å². The number of aromatic nitrogens is 1. The number of rotatable bonds is 2. The van der Waals surface area contributed by atoms with Crippen LogP contribution >= 0.6 is 0 Å². The minimum absolute atomic E-state index is 0.148. The summed E-state index contributed by atoms with van der Waals surface area (Å²) in [5, 5.41) is 0. The predicted octanol–water partition coefficient (Wildman–Crippen LogP) is 2.21. The van der Waals surface area contributed by atoms with Crippen molar-refractivity contribution in [2.75, 3.05) is 17.7 Å². The van der Waals surface area contributed by atoms with E-state index in [9.17, 15) is 4.79 Å². The van der Waals surface area contributed by atoms with Crippen LogP contribution in [0.2, 0.25) is 0 Å². The number of hydrogen-bond acceptors (Lipinski definition) is 3. The van der Waals surface area contributed by atoms with Crippen molar-refractivity contribution in [2.45, 2.75) is 32.1 Å². The van der Waals surface area contributed by atoms with Crippen LogP contribution in [0.1, 0.15) is 32.1 Å². The normalized spacial score (nSPS) is 16.8. The van der Waals surface area contributed by atoms with Crippen molar-refractivity contribution in [3.63, 3.8) is 0 Å². The van der Waals surface area contributed by atoms with Gasteiger partial charge in [-0.15, -0.1) is 0 Å². The van der Waals surface area contributed by atoms with E-state index < -0.39 is 0 Å². The van der Waals surface area contributed by atoms with Crippen molar-refractivity contribution in [3.8, 4) is 0 Å². The molecule has 1 aromatic heterocycles. The van der Waals surface area contributed by atoms with Crippen LogP contribution < -0.4 is 10.6 Å². The molecule has 2 rings (SSSR count). The van der Waals surface area contributed by atoms with Crippen LogP contribution in [0, 0.1) is 5.92 Å². The molecule has 92 valence electrons. The Labute approximate surface area is 102 Å². The van der Waals surface area contributed by atoms with Gasteiger partial charge in [0.05, 0.1) is 5.69 Å². The van der Waals surface area contributed by atoms with E-state index in [4.69, 9.17) is 5.73 Å². The average molecular weight is 233 g/mol. The first-order chi connectivity index (χ1) is 8.20. The molecule has 0 unspecified atom stereocenters. The SMILES string of the molecule is CN(C(=O)C1CCCCC1)c1ncccc1N. The molecule has 1 aliphatic rings. The first-order valence-corrected chi connectivity index (χ1v) is 6.18. The standard InChI is InChI=1S/C13H19N3O/c1-16(12-11(14)8-5-9-15-12)13(17)10-6-3-2-4-7-10/h5,8-10H,2-4,6-7,14H2,1H3. The maximum Gasteiger partial charge on any atom is 0.231 e. The van der Waals surface area contributed by atoms with Gasteiger partial charge in [0.2, 0.25) is 5.91 Å². The lowest BCUT2D eigenvalue weighted by Gasteiger charge is -2.26. The van der Waals surface area contributed by atoms with E-state index in [0.717, 1.165) is 25.7 Å². The van der Waals surface area contributed by atoms with Gasteiger partial charge < -0.3 is 5.73 Å². The average Bonchev–Trinajstić information content (AvgIpc) is 2.39. The molecule has 0 saturated heterocycles. The molecule has 2 N–H and O–H groups in total. The summed E-state index contributed by atoms with van der Waals surface area (Å²) in [4.78, 5) is 18.1. The maximum absolute atomic E-state index is 12.3. The second-order valence-electron chi connectivity index (χ2n) is 4.65. The molecule has 4 heteroatoms. The van der Waals surface area contributed by atoms with Crippen LogP contribution in [0.5, 0.6) is 0 Å². The van der Waals surface area contributed by atoms with E-state index in [2.05, 4.69) is 4.98 Å². The molecule has 4 nitrogen and oxygen atoms in total. The summed E-state index contributed by atoms with van der Waals surface area (Å²) in [5.41, 5.74) is 6.39. The highest BCUT2D eigenvalue weighted by molar-refractivity contribution is 5.96. The highest BCUT2D eigenvalue weighted by Gasteiger charge is 2.25. The number of anilines is 2. The predicted molar refractivity (Wildman–Crippen MR) is 68.6 cm³/mol. The first kappa shape index (κ1) is 11.9. The molecule has 1 aliphatic carbocycles. The van der Waals surface area contributed by atoms with Crippen molar-refractivity contribution in [1.82, 2.24) is 4.98 Å². The molecule has 0 atom stereocenters. The van der Waals surface area contributed by atoms with Crippen molar-refractivity contribution in [2.24, 2.45) is 5.92 Å². The Bertz CT molecular complexity index is 399. The second-order valence-corrected chi connectivity index (χ2v) is 4.65. The van der Waals surface area contributed by atoms with E-state index in [1.807, 2.05) is 0 Å². The van der Waals surface area contributed by atoms with Crippen LogP contribution in [0.4, 0.5) is 11.5 Å². The second kappa shape index (κ2) is 5.17. The van der Waals surface area contributed by atoms with Crippen LogP contribution in [0.3, 0.4) is 0 Å². The van der Waals surface area contributed by atoms with Crippen molar-refractivity contribution in [1.29, 1.82) is 0 Å². The quantitative estimate of drug-likeness (QED) is 0.852. The summed E-state index contributed by atoms with van der Waals surface area (Å²) in [6, 6.07) is 3.55. The monoisotopic (exact) mass is 233 g/mol. The molecule has 0 spiro atoms. The number of nitrogens with two attached hydrogens (primary N) is 1. The Morgan fingerprint density at radius 3 is 2.76 bits per heavy atom. The molecule has 1 saturated carbocycles. The summed E-state index contributed by atoms with van der Waals surface area (Å²) < 4.78 is 0. The Hall–Kier alpha value is -1.58. The number of nitrogens with zero attached hydrogens (tertiary/aromatic N) is 2. The Morgan fingerprint density at radius 2 is 2.12 bits per heavy atom. The summed E-state index contributed by atoms with van der Waals surface area (Å²) in [7, 11) is 1.76. The third-order valence-electron chi connectivity index (χ3n) is 3.42. The van der Waals surface area contributed by atoms with E-state index >= 15 is 0 Å². The van der Waals surface area contributed by atoms with Gasteiger partial charge in [-0.2, -0.15) is 0 Å². The Morgan fingerprint density at radius 1 is 1.41 bits per heavy atom. The van der Waals surface area contributed by atoms with E-state index in [1.165, 1.54) is 6.42 Å². The molecular weight excluding hydrogens is 214 g/mol. The van der Waals surface area contributed by atoms with Crippen molar-refractivity contribution in [3.05, 3.63) is 18.3 Å². The van der Waals surface area contributed by atoms with E-state index in [0.29, 0.717) is 11.5 Å². The third-order valence-corrected chi connectivity index (χ3v) is 3.42. The minimum atomic E-state index is 0.148. The van der Waals surface area contributed by atoms with Gasteiger partial charge in [-0.3, -0.25) is 9.69 Å². The summed E-state index contributed by atoms with van der Waals surface area (Å²) in [6.45, 7) is 0. The topological polar surface area (TPSA) is 59.2 Å². The molecule has 0 radical (unpaired) electrons. The minimum Gasteiger partial charge on any atom is -0.396 e. The van der Waals surface area contributed by atoms with Crippen LogP contribution in [0.15, 0.2) is 18.3 Å². The zero-order valence-corrected chi connectivity index (χ0v) is 10.2. The molecule has 1 heterocycles. The number of pyridine rings is 1. The third kappa shape index (κ3) is 2.57. The van der Waals surface area contributed by atoms with Crippen molar-refractivity contribution >= 4 is 17.4 Å². The maximum atomic E-state index is 12.3. The van der Waals surface area contributed by atoms with Crippen LogP contribution in [0.25, 0.3) is 0 Å². The fraction of sp³-hybridized carbons (Fsp3) is 0.538. The molecule has 1 amide bonds. The van der Waals surface area contributed by atoms with Gasteiger partial charge >= 0.3 is 0 Å². The molecule has 17 heavy (non-hydrogen) atoms. The number of carbonyl (C=O) groups is 1. The van der Waals surface area contributed by atoms with E-state index in [-0.39, 0.29) is 11.8 Å².